The maximum absolute atomic E-state index is 11.7. The predicted molar refractivity (Wildman–Crippen MR) is 62.5 cm³/mol. The Hall–Kier alpha value is -2.25. The highest BCUT2D eigenvalue weighted by molar-refractivity contribution is 5.78. The fraction of sp³-hybridized carbons (Fsp3) is 0.500. The van der Waals surface area contributed by atoms with Crippen molar-refractivity contribution in [1.29, 1.82) is 0 Å². The minimum Gasteiger partial charge on any atom is -0.298 e. The second-order valence-corrected chi connectivity index (χ2v) is 3.84. The zero-order valence-corrected chi connectivity index (χ0v) is 10.1. The lowest BCUT2D eigenvalue weighted by Crippen LogP contribution is -2.41. The van der Waals surface area contributed by atoms with E-state index < -0.39 is 28.4 Å². The van der Waals surface area contributed by atoms with E-state index in [1.165, 1.54) is 7.05 Å². The number of carbonyl (C=O) groups excluding carboxylic acids is 1. The van der Waals surface area contributed by atoms with Gasteiger partial charge in [0.1, 0.15) is 0 Å². The van der Waals surface area contributed by atoms with E-state index in [2.05, 4.69) is 0 Å². The van der Waals surface area contributed by atoms with Gasteiger partial charge in [-0.15, -0.1) is 0 Å². The summed E-state index contributed by atoms with van der Waals surface area (Å²) in [4.78, 5) is 44.5. The Bertz CT molecular complexity index is 599. The summed E-state index contributed by atoms with van der Waals surface area (Å²) >= 11 is 0. The van der Waals surface area contributed by atoms with Crippen molar-refractivity contribution < 1.29 is 9.72 Å². The van der Waals surface area contributed by atoms with E-state index >= 15 is 0 Å². The zero-order valence-electron chi connectivity index (χ0n) is 10.1. The van der Waals surface area contributed by atoms with Crippen molar-refractivity contribution in [3.8, 4) is 0 Å². The fourth-order valence-electron chi connectivity index (χ4n) is 1.51. The Kier molecular flexibility index (Phi) is 4.13. The number of hydrogen-bond acceptors (Lipinski definition) is 5. The van der Waals surface area contributed by atoms with Crippen LogP contribution in [0.25, 0.3) is 0 Å². The Balaban J connectivity index is 3.34. The van der Waals surface area contributed by atoms with Gasteiger partial charge in [-0.2, -0.15) is 0 Å². The van der Waals surface area contributed by atoms with Crippen LogP contribution in [0.15, 0.2) is 15.8 Å². The van der Waals surface area contributed by atoms with Crippen molar-refractivity contribution in [3.63, 3.8) is 0 Å². The number of aromatic nitrogens is 2. The Morgan fingerprint density at radius 2 is 2.06 bits per heavy atom. The third-order valence-corrected chi connectivity index (χ3v) is 2.37. The average molecular weight is 255 g/mol. The van der Waals surface area contributed by atoms with Gasteiger partial charge in [-0.1, -0.05) is 6.92 Å². The van der Waals surface area contributed by atoms with E-state index in [1.807, 2.05) is 0 Å². The van der Waals surface area contributed by atoms with Gasteiger partial charge in [-0.05, 0) is 6.42 Å². The molecule has 0 bridgehead atoms. The quantitative estimate of drug-likeness (QED) is 0.536. The van der Waals surface area contributed by atoms with Gasteiger partial charge in [0.15, 0.2) is 5.78 Å². The van der Waals surface area contributed by atoms with Crippen LogP contribution in [-0.2, 0) is 18.4 Å². The molecule has 1 aromatic rings. The summed E-state index contributed by atoms with van der Waals surface area (Å²) in [5.41, 5.74) is -2.51. The zero-order chi connectivity index (χ0) is 13.9. The molecule has 98 valence electrons. The van der Waals surface area contributed by atoms with E-state index in [-0.39, 0.29) is 12.2 Å². The second kappa shape index (κ2) is 5.39. The Labute approximate surface area is 102 Å². The maximum Gasteiger partial charge on any atom is 0.350 e. The summed E-state index contributed by atoms with van der Waals surface area (Å²) in [6.45, 7) is 1.35. The molecule has 0 aliphatic rings. The van der Waals surface area contributed by atoms with E-state index in [1.54, 1.807) is 6.92 Å². The molecular weight excluding hydrogens is 242 g/mol. The number of Topliss-reactive ketones (excluding diaryl/α,β-unsaturated/α-hetero) is 1. The number of nitrogens with zero attached hydrogens (tertiary/aromatic N) is 3. The van der Waals surface area contributed by atoms with Gasteiger partial charge in [0.25, 0.3) is 0 Å². The summed E-state index contributed by atoms with van der Waals surface area (Å²) in [6, 6.07) is 0. The van der Waals surface area contributed by atoms with E-state index in [9.17, 15) is 24.5 Å². The monoisotopic (exact) mass is 255 g/mol. The van der Waals surface area contributed by atoms with Crippen LogP contribution in [0.4, 0.5) is 5.69 Å². The minimum atomic E-state index is -1.05. The van der Waals surface area contributed by atoms with Crippen LogP contribution < -0.4 is 11.2 Å². The van der Waals surface area contributed by atoms with Gasteiger partial charge < -0.3 is 0 Å². The normalized spacial score (nSPS) is 10.3. The largest absolute Gasteiger partial charge is 0.350 e. The van der Waals surface area contributed by atoms with Crippen LogP contribution in [0, 0.1) is 10.1 Å². The molecule has 0 fully saturated rings. The number of rotatable bonds is 5. The van der Waals surface area contributed by atoms with Crippen molar-refractivity contribution in [2.75, 3.05) is 0 Å². The molecule has 0 aliphatic heterocycles. The number of carbonyl (C=O) groups is 1. The predicted octanol–water partition coefficient (Wildman–Crippen LogP) is -0.176. The fourth-order valence-corrected chi connectivity index (χ4v) is 1.51. The van der Waals surface area contributed by atoms with Crippen LogP contribution in [0.3, 0.4) is 0 Å². The molecule has 1 aromatic heterocycles. The van der Waals surface area contributed by atoms with Gasteiger partial charge in [-0.25, -0.2) is 9.36 Å². The highest BCUT2D eigenvalue weighted by Gasteiger charge is 2.19. The molecule has 1 rings (SSSR count). The molecule has 0 aliphatic carbocycles. The Morgan fingerprint density at radius 3 is 2.56 bits per heavy atom. The van der Waals surface area contributed by atoms with Gasteiger partial charge in [-0.3, -0.25) is 24.3 Å². The first-order chi connectivity index (χ1) is 8.38. The summed E-state index contributed by atoms with van der Waals surface area (Å²) in [6.07, 6.45) is 1.66. The molecule has 0 N–H and O–H groups in total. The molecular formula is C10H13N3O5. The molecule has 1 heterocycles. The SMILES string of the molecule is CCCC(=O)Cn1c(=O)c([N+](=O)[O-])cn(C)c1=O. The third kappa shape index (κ3) is 2.70. The first-order valence-corrected chi connectivity index (χ1v) is 5.35. The molecule has 0 radical (unpaired) electrons. The highest BCUT2D eigenvalue weighted by atomic mass is 16.6. The van der Waals surface area contributed by atoms with E-state index in [0.717, 1.165) is 10.8 Å². The lowest BCUT2D eigenvalue weighted by atomic mass is 10.2. The molecule has 0 spiro atoms. The molecule has 0 saturated heterocycles. The highest BCUT2D eigenvalue weighted by Crippen LogP contribution is 1.99. The van der Waals surface area contributed by atoms with Gasteiger partial charge in [0.2, 0.25) is 0 Å². The lowest BCUT2D eigenvalue weighted by molar-refractivity contribution is -0.387. The Morgan fingerprint density at radius 1 is 1.44 bits per heavy atom. The smallest absolute Gasteiger partial charge is 0.298 e. The third-order valence-electron chi connectivity index (χ3n) is 2.37. The topological polar surface area (TPSA) is 104 Å². The number of hydrogen-bond donors (Lipinski definition) is 0. The molecule has 0 saturated carbocycles. The maximum atomic E-state index is 11.7. The van der Waals surface area contributed by atoms with Crippen molar-refractivity contribution >= 4 is 11.5 Å². The number of aryl methyl sites for hydroxylation is 1. The standard InChI is InChI=1S/C10H13N3O5/c1-3-4-7(14)5-12-9(15)8(13(17)18)6-11(2)10(12)16/h6H,3-5H2,1-2H3. The molecule has 8 nitrogen and oxygen atoms in total. The molecule has 18 heavy (non-hydrogen) atoms. The van der Waals surface area contributed by atoms with Crippen LogP contribution in [-0.4, -0.2) is 19.8 Å². The molecule has 0 unspecified atom stereocenters. The summed E-state index contributed by atoms with van der Waals surface area (Å²) in [5, 5.41) is 10.6. The minimum absolute atomic E-state index is 0.221. The molecule has 8 heteroatoms. The van der Waals surface area contributed by atoms with Crippen molar-refractivity contribution in [2.24, 2.45) is 7.05 Å². The van der Waals surface area contributed by atoms with Crippen molar-refractivity contribution in [3.05, 3.63) is 37.1 Å². The van der Waals surface area contributed by atoms with Gasteiger partial charge in [0.05, 0.1) is 17.7 Å². The average Bonchev–Trinajstić information content (AvgIpc) is 2.29. The first kappa shape index (κ1) is 13.8. The number of nitro groups is 1. The van der Waals surface area contributed by atoms with E-state index in [4.69, 9.17) is 0 Å². The van der Waals surface area contributed by atoms with Gasteiger partial charge >= 0.3 is 16.9 Å². The summed E-state index contributed by atoms with van der Waals surface area (Å²) in [7, 11) is 1.29. The van der Waals surface area contributed by atoms with E-state index in [0.29, 0.717) is 11.0 Å². The van der Waals surface area contributed by atoms with Crippen LogP contribution in [0.2, 0.25) is 0 Å². The van der Waals surface area contributed by atoms with Crippen molar-refractivity contribution in [2.45, 2.75) is 26.3 Å². The number of ketones is 1. The van der Waals surface area contributed by atoms with Crippen LogP contribution in [0.1, 0.15) is 19.8 Å². The first-order valence-electron chi connectivity index (χ1n) is 5.35. The molecule has 0 amide bonds. The summed E-state index contributed by atoms with van der Waals surface area (Å²) in [5.74, 6) is -0.308. The van der Waals surface area contributed by atoms with Gasteiger partial charge in [0, 0.05) is 13.5 Å². The van der Waals surface area contributed by atoms with Crippen LogP contribution >= 0.6 is 0 Å². The van der Waals surface area contributed by atoms with Crippen LogP contribution in [0.5, 0.6) is 0 Å². The van der Waals surface area contributed by atoms with Crippen molar-refractivity contribution in [1.82, 2.24) is 9.13 Å². The molecule has 0 atom stereocenters. The second-order valence-electron chi connectivity index (χ2n) is 3.84. The lowest BCUT2D eigenvalue weighted by Gasteiger charge is -2.05. The summed E-state index contributed by atoms with van der Waals surface area (Å²) < 4.78 is 1.51. The molecule has 0 aromatic carbocycles.